The maximum atomic E-state index is 11.7. The number of hydrogen-bond acceptors (Lipinski definition) is 4. The molecule has 0 aromatic heterocycles. The quantitative estimate of drug-likeness (QED) is 0.382. The molecular formula is C18H28N2O3. The molecular weight excluding hydrogens is 292 g/mol. The van der Waals surface area contributed by atoms with Crippen LogP contribution in [0.3, 0.4) is 0 Å². The highest BCUT2D eigenvalue weighted by atomic mass is 16.5. The maximum absolute atomic E-state index is 11.7. The number of methoxy groups -OCH3 is 2. The monoisotopic (exact) mass is 320 g/mol. The average Bonchev–Trinajstić information content (AvgIpc) is 2.57. The average molecular weight is 320 g/mol. The lowest BCUT2D eigenvalue weighted by molar-refractivity contribution is -0.121. The molecule has 5 heteroatoms. The molecule has 128 valence electrons. The number of ether oxygens (including phenoxy) is 2. The Morgan fingerprint density at radius 2 is 1.87 bits per heavy atom. The van der Waals surface area contributed by atoms with E-state index in [0.29, 0.717) is 17.9 Å². The van der Waals surface area contributed by atoms with Crippen molar-refractivity contribution < 1.29 is 14.3 Å². The van der Waals surface area contributed by atoms with Gasteiger partial charge in [-0.15, -0.1) is 0 Å². The lowest BCUT2D eigenvalue weighted by atomic mass is 10.1. The molecule has 0 saturated carbocycles. The Balaban J connectivity index is 2.37. The van der Waals surface area contributed by atoms with Crippen molar-refractivity contribution >= 4 is 12.1 Å². The van der Waals surface area contributed by atoms with Crippen molar-refractivity contribution in [2.75, 3.05) is 14.2 Å². The third-order valence-corrected chi connectivity index (χ3v) is 3.58. The Hall–Kier alpha value is -2.04. The van der Waals surface area contributed by atoms with Gasteiger partial charge in [0.05, 0.1) is 20.4 Å². The molecule has 1 rings (SSSR count). The van der Waals surface area contributed by atoms with Gasteiger partial charge in [-0.1, -0.05) is 45.1 Å². The topological polar surface area (TPSA) is 59.9 Å². The van der Waals surface area contributed by atoms with Gasteiger partial charge < -0.3 is 9.47 Å². The number of nitrogens with one attached hydrogen (secondary N) is 1. The molecule has 5 nitrogen and oxygen atoms in total. The summed E-state index contributed by atoms with van der Waals surface area (Å²) in [5.41, 5.74) is 3.31. The Morgan fingerprint density at radius 1 is 1.13 bits per heavy atom. The van der Waals surface area contributed by atoms with E-state index >= 15 is 0 Å². The van der Waals surface area contributed by atoms with Crippen LogP contribution < -0.4 is 14.9 Å². The molecule has 1 aromatic carbocycles. The lowest BCUT2D eigenvalue weighted by Crippen LogP contribution is -2.17. The van der Waals surface area contributed by atoms with Crippen molar-refractivity contribution in [2.45, 2.75) is 51.9 Å². The number of amides is 1. The lowest BCUT2D eigenvalue weighted by Gasteiger charge is -2.09. The van der Waals surface area contributed by atoms with Crippen molar-refractivity contribution in [3.63, 3.8) is 0 Å². The van der Waals surface area contributed by atoms with E-state index in [-0.39, 0.29) is 5.91 Å². The molecule has 0 aliphatic heterocycles. The van der Waals surface area contributed by atoms with Crippen molar-refractivity contribution in [3.05, 3.63) is 23.8 Å². The fourth-order valence-corrected chi connectivity index (χ4v) is 2.31. The van der Waals surface area contributed by atoms with E-state index in [4.69, 9.17) is 9.47 Å². The number of carbonyl (C=O) groups excluding carboxylic acids is 1. The number of rotatable bonds is 11. The van der Waals surface area contributed by atoms with Gasteiger partial charge in [-0.05, 0) is 18.6 Å². The predicted molar refractivity (Wildman–Crippen MR) is 93.3 cm³/mol. The summed E-state index contributed by atoms with van der Waals surface area (Å²) in [6.45, 7) is 2.20. The van der Waals surface area contributed by atoms with Crippen LogP contribution in [0, 0.1) is 0 Å². The van der Waals surface area contributed by atoms with Gasteiger partial charge in [0.25, 0.3) is 0 Å². The molecule has 0 radical (unpaired) electrons. The summed E-state index contributed by atoms with van der Waals surface area (Å²) in [5.74, 6) is 1.18. The van der Waals surface area contributed by atoms with Crippen LogP contribution in [0.15, 0.2) is 23.3 Å². The minimum absolute atomic E-state index is 0.0568. The molecule has 1 N–H and O–H groups in total. The number of unbranched alkanes of at least 4 members (excludes halogenated alkanes) is 5. The molecule has 0 aliphatic carbocycles. The van der Waals surface area contributed by atoms with E-state index < -0.39 is 0 Å². The first-order valence-corrected chi connectivity index (χ1v) is 8.25. The molecule has 0 fully saturated rings. The number of hydrogen-bond donors (Lipinski definition) is 1. The molecule has 0 unspecified atom stereocenters. The summed E-state index contributed by atoms with van der Waals surface area (Å²) in [7, 11) is 3.16. The first-order valence-electron chi connectivity index (χ1n) is 8.25. The van der Waals surface area contributed by atoms with Crippen molar-refractivity contribution in [1.82, 2.24) is 5.43 Å². The molecule has 0 aliphatic rings. The Kier molecular flexibility index (Phi) is 9.52. The van der Waals surface area contributed by atoms with Crippen LogP contribution in [-0.4, -0.2) is 26.3 Å². The van der Waals surface area contributed by atoms with Crippen LogP contribution in [0.25, 0.3) is 0 Å². The van der Waals surface area contributed by atoms with Crippen LogP contribution in [-0.2, 0) is 4.79 Å². The van der Waals surface area contributed by atoms with Crippen LogP contribution in [0.4, 0.5) is 0 Å². The second kappa shape index (κ2) is 11.5. The maximum Gasteiger partial charge on any atom is 0.240 e. The fourth-order valence-electron chi connectivity index (χ4n) is 2.31. The predicted octanol–water partition coefficient (Wildman–Crippen LogP) is 3.90. The van der Waals surface area contributed by atoms with E-state index in [9.17, 15) is 4.79 Å². The number of hydrazone groups is 1. The van der Waals surface area contributed by atoms with Crippen molar-refractivity contribution in [1.29, 1.82) is 0 Å². The summed E-state index contributed by atoms with van der Waals surface area (Å²) in [4.78, 5) is 11.7. The van der Waals surface area contributed by atoms with Gasteiger partial charge in [0.2, 0.25) is 5.91 Å². The highest BCUT2D eigenvalue weighted by molar-refractivity contribution is 5.86. The van der Waals surface area contributed by atoms with Gasteiger partial charge in [0.1, 0.15) is 0 Å². The van der Waals surface area contributed by atoms with Gasteiger partial charge in [0, 0.05) is 12.0 Å². The summed E-state index contributed by atoms with van der Waals surface area (Å²) >= 11 is 0. The summed E-state index contributed by atoms with van der Waals surface area (Å²) in [5, 5.41) is 3.99. The Labute approximate surface area is 139 Å². The number of benzene rings is 1. The van der Waals surface area contributed by atoms with E-state index in [2.05, 4.69) is 17.5 Å². The van der Waals surface area contributed by atoms with E-state index in [0.717, 1.165) is 18.4 Å². The highest BCUT2D eigenvalue weighted by Gasteiger charge is 2.07. The van der Waals surface area contributed by atoms with E-state index in [1.165, 1.54) is 25.7 Å². The number of carbonyl (C=O) groups is 1. The van der Waals surface area contributed by atoms with Gasteiger partial charge >= 0.3 is 0 Å². The highest BCUT2D eigenvalue weighted by Crippen LogP contribution is 2.29. The second-order valence-electron chi connectivity index (χ2n) is 5.39. The molecule has 1 amide bonds. The first kappa shape index (κ1) is 19.0. The Bertz CT molecular complexity index is 501. The molecule has 0 saturated heterocycles. The normalized spacial score (nSPS) is 10.7. The van der Waals surface area contributed by atoms with Crippen LogP contribution >= 0.6 is 0 Å². The van der Waals surface area contributed by atoms with Crippen molar-refractivity contribution in [3.8, 4) is 11.5 Å². The zero-order valence-electron chi connectivity index (χ0n) is 14.4. The smallest absolute Gasteiger partial charge is 0.240 e. The van der Waals surface area contributed by atoms with Gasteiger partial charge in [0.15, 0.2) is 11.5 Å². The third kappa shape index (κ3) is 7.17. The number of nitrogens with zero attached hydrogens (tertiary/aromatic N) is 1. The second-order valence-corrected chi connectivity index (χ2v) is 5.39. The van der Waals surface area contributed by atoms with Gasteiger partial charge in [-0.3, -0.25) is 4.79 Å². The van der Waals surface area contributed by atoms with Crippen molar-refractivity contribution in [2.24, 2.45) is 5.10 Å². The zero-order chi connectivity index (χ0) is 16.9. The van der Waals surface area contributed by atoms with E-state index in [1.807, 2.05) is 18.2 Å². The Morgan fingerprint density at radius 3 is 2.57 bits per heavy atom. The molecule has 23 heavy (non-hydrogen) atoms. The minimum atomic E-state index is -0.0568. The standard InChI is InChI=1S/C18H28N2O3/c1-4-5-6-7-8-9-13-17(21)20-19-14-15-11-10-12-16(22-2)18(15)23-3/h10-12,14H,4-9,13H2,1-3H3,(H,20,21). The zero-order valence-corrected chi connectivity index (χ0v) is 14.4. The summed E-state index contributed by atoms with van der Waals surface area (Å²) in [6, 6.07) is 5.51. The van der Waals surface area contributed by atoms with E-state index in [1.54, 1.807) is 20.4 Å². The van der Waals surface area contributed by atoms with Crippen LogP contribution in [0.2, 0.25) is 0 Å². The fraction of sp³-hybridized carbons (Fsp3) is 0.556. The molecule has 0 atom stereocenters. The third-order valence-electron chi connectivity index (χ3n) is 3.58. The summed E-state index contributed by atoms with van der Waals surface area (Å²) in [6.07, 6.45) is 9.06. The van der Waals surface area contributed by atoms with Crippen LogP contribution in [0.1, 0.15) is 57.4 Å². The van der Waals surface area contributed by atoms with Crippen LogP contribution in [0.5, 0.6) is 11.5 Å². The van der Waals surface area contributed by atoms with Gasteiger partial charge in [-0.2, -0.15) is 5.10 Å². The molecule has 0 heterocycles. The minimum Gasteiger partial charge on any atom is -0.493 e. The SMILES string of the molecule is CCCCCCCCC(=O)NN=Cc1cccc(OC)c1OC. The largest absolute Gasteiger partial charge is 0.493 e. The molecule has 0 spiro atoms. The van der Waals surface area contributed by atoms with Gasteiger partial charge in [-0.25, -0.2) is 5.43 Å². The molecule has 0 bridgehead atoms. The number of para-hydroxylation sites is 1. The molecule has 1 aromatic rings. The first-order chi connectivity index (χ1) is 11.2. The summed E-state index contributed by atoms with van der Waals surface area (Å²) < 4.78 is 10.5.